The van der Waals surface area contributed by atoms with E-state index >= 15 is 0 Å². The maximum atomic E-state index is 12.4. The molecule has 1 saturated heterocycles. The molecule has 1 aromatic carbocycles. The van der Waals surface area contributed by atoms with Gasteiger partial charge >= 0.3 is 0 Å². The van der Waals surface area contributed by atoms with Crippen LogP contribution in [-0.2, 0) is 4.79 Å². The minimum Gasteiger partial charge on any atom is -0.352 e. The van der Waals surface area contributed by atoms with Crippen LogP contribution in [0.4, 0.5) is 0 Å². The van der Waals surface area contributed by atoms with Gasteiger partial charge in [0.25, 0.3) is 11.8 Å². The van der Waals surface area contributed by atoms with Crippen molar-refractivity contribution in [2.24, 2.45) is 0 Å². The van der Waals surface area contributed by atoms with Crippen LogP contribution in [0.1, 0.15) is 60.2 Å². The van der Waals surface area contributed by atoms with Gasteiger partial charge in [-0.05, 0) is 50.5 Å². The van der Waals surface area contributed by atoms with Crippen LogP contribution in [0.25, 0.3) is 0 Å². The number of benzene rings is 1. The SMILES string of the molecule is CCCN(CC)C(=O)c1ccc(C(=O)NC[C@H]2CCCC(=O)N2)cc1. The van der Waals surface area contributed by atoms with Crippen molar-refractivity contribution in [1.29, 1.82) is 0 Å². The highest BCUT2D eigenvalue weighted by atomic mass is 16.2. The molecule has 25 heavy (non-hydrogen) atoms. The summed E-state index contributed by atoms with van der Waals surface area (Å²) in [7, 11) is 0. The van der Waals surface area contributed by atoms with E-state index in [-0.39, 0.29) is 23.8 Å². The fraction of sp³-hybridized carbons (Fsp3) is 0.526. The molecule has 2 N–H and O–H groups in total. The molecule has 1 fully saturated rings. The maximum absolute atomic E-state index is 12.4. The first kappa shape index (κ1) is 19.0. The van der Waals surface area contributed by atoms with E-state index in [0.717, 1.165) is 25.8 Å². The molecule has 0 aromatic heterocycles. The first-order chi connectivity index (χ1) is 12.0. The number of hydrogen-bond donors (Lipinski definition) is 2. The van der Waals surface area contributed by atoms with Gasteiger partial charge in [-0.15, -0.1) is 0 Å². The quantitative estimate of drug-likeness (QED) is 0.793. The number of amides is 3. The highest BCUT2D eigenvalue weighted by Gasteiger charge is 2.19. The predicted octanol–water partition coefficient (Wildman–Crippen LogP) is 1.96. The standard InChI is InChI=1S/C19H27N3O3/c1-3-12-22(4-2)19(25)15-10-8-14(9-11-15)18(24)20-13-16-6-5-7-17(23)21-16/h8-11,16H,3-7,12-13H2,1-2H3,(H,20,24)(H,21,23)/t16-/m1/s1. The van der Waals surface area contributed by atoms with Crippen LogP contribution in [0.3, 0.4) is 0 Å². The zero-order chi connectivity index (χ0) is 18.2. The molecule has 1 aromatic rings. The van der Waals surface area contributed by atoms with Crippen LogP contribution < -0.4 is 10.6 Å². The van der Waals surface area contributed by atoms with Crippen molar-refractivity contribution in [2.45, 2.75) is 45.6 Å². The first-order valence-corrected chi connectivity index (χ1v) is 9.02. The summed E-state index contributed by atoms with van der Waals surface area (Å²) in [6.07, 6.45) is 3.21. The normalized spacial score (nSPS) is 16.9. The van der Waals surface area contributed by atoms with Gasteiger partial charge in [-0.1, -0.05) is 6.92 Å². The lowest BCUT2D eigenvalue weighted by Gasteiger charge is -2.23. The van der Waals surface area contributed by atoms with Crippen LogP contribution in [0.15, 0.2) is 24.3 Å². The number of nitrogens with one attached hydrogen (secondary N) is 2. The van der Waals surface area contributed by atoms with Crippen molar-refractivity contribution in [1.82, 2.24) is 15.5 Å². The molecule has 136 valence electrons. The number of carbonyl (C=O) groups is 3. The topological polar surface area (TPSA) is 78.5 Å². The largest absolute Gasteiger partial charge is 0.352 e. The van der Waals surface area contributed by atoms with E-state index in [9.17, 15) is 14.4 Å². The highest BCUT2D eigenvalue weighted by molar-refractivity contribution is 5.97. The number of rotatable bonds is 7. The summed E-state index contributed by atoms with van der Waals surface area (Å²) in [5.41, 5.74) is 1.10. The van der Waals surface area contributed by atoms with Gasteiger partial charge in [-0.2, -0.15) is 0 Å². The average Bonchev–Trinajstić information content (AvgIpc) is 2.64. The zero-order valence-electron chi connectivity index (χ0n) is 15.0. The Morgan fingerprint density at radius 3 is 2.48 bits per heavy atom. The van der Waals surface area contributed by atoms with Crippen LogP contribution in [0.2, 0.25) is 0 Å². The molecule has 0 unspecified atom stereocenters. The number of nitrogens with zero attached hydrogens (tertiary/aromatic N) is 1. The smallest absolute Gasteiger partial charge is 0.253 e. The average molecular weight is 345 g/mol. The third-order valence-corrected chi connectivity index (χ3v) is 4.39. The van der Waals surface area contributed by atoms with E-state index in [1.54, 1.807) is 29.2 Å². The van der Waals surface area contributed by atoms with E-state index in [1.165, 1.54) is 0 Å². The van der Waals surface area contributed by atoms with Gasteiger partial charge in [0.1, 0.15) is 0 Å². The third kappa shape index (κ3) is 5.31. The van der Waals surface area contributed by atoms with Gasteiger partial charge < -0.3 is 15.5 Å². The number of carbonyl (C=O) groups excluding carboxylic acids is 3. The Balaban J connectivity index is 1.91. The minimum atomic E-state index is -0.195. The Kier molecular flexibility index (Phi) is 6.98. The summed E-state index contributed by atoms with van der Waals surface area (Å²) in [6, 6.07) is 6.72. The van der Waals surface area contributed by atoms with E-state index in [0.29, 0.717) is 30.6 Å². The van der Waals surface area contributed by atoms with Crippen molar-refractivity contribution in [3.63, 3.8) is 0 Å². The fourth-order valence-electron chi connectivity index (χ4n) is 2.97. The lowest BCUT2D eigenvalue weighted by molar-refractivity contribution is -0.123. The Labute approximate surface area is 149 Å². The Bertz CT molecular complexity index is 613. The molecule has 0 saturated carbocycles. The summed E-state index contributed by atoms with van der Waals surface area (Å²) in [5.74, 6) is -0.165. The van der Waals surface area contributed by atoms with E-state index in [1.807, 2.05) is 13.8 Å². The van der Waals surface area contributed by atoms with Crippen LogP contribution >= 0.6 is 0 Å². The van der Waals surface area contributed by atoms with Gasteiger partial charge in [0.15, 0.2) is 0 Å². The Morgan fingerprint density at radius 2 is 1.88 bits per heavy atom. The lowest BCUT2D eigenvalue weighted by atomic mass is 10.0. The van der Waals surface area contributed by atoms with Gasteiger partial charge in [0.05, 0.1) is 0 Å². The van der Waals surface area contributed by atoms with Crippen molar-refractivity contribution in [3.8, 4) is 0 Å². The Hall–Kier alpha value is -2.37. The molecule has 3 amide bonds. The van der Waals surface area contributed by atoms with E-state index in [2.05, 4.69) is 10.6 Å². The summed E-state index contributed by atoms with van der Waals surface area (Å²) >= 11 is 0. The molecule has 0 radical (unpaired) electrons. The number of piperidine rings is 1. The van der Waals surface area contributed by atoms with Crippen LogP contribution in [-0.4, -0.2) is 48.3 Å². The molecule has 0 spiro atoms. The Morgan fingerprint density at radius 1 is 1.20 bits per heavy atom. The summed E-state index contributed by atoms with van der Waals surface area (Å²) in [4.78, 5) is 37.8. The first-order valence-electron chi connectivity index (χ1n) is 9.02. The van der Waals surface area contributed by atoms with Gasteiger partial charge in [0, 0.05) is 43.2 Å². The molecular weight excluding hydrogens is 318 g/mol. The fourth-order valence-corrected chi connectivity index (χ4v) is 2.97. The summed E-state index contributed by atoms with van der Waals surface area (Å²) in [5, 5.41) is 5.72. The van der Waals surface area contributed by atoms with Crippen LogP contribution in [0.5, 0.6) is 0 Å². The van der Waals surface area contributed by atoms with Crippen molar-refractivity contribution in [2.75, 3.05) is 19.6 Å². The van der Waals surface area contributed by atoms with Gasteiger partial charge in [-0.25, -0.2) is 0 Å². The highest BCUT2D eigenvalue weighted by Crippen LogP contribution is 2.10. The zero-order valence-corrected chi connectivity index (χ0v) is 15.0. The van der Waals surface area contributed by atoms with E-state index in [4.69, 9.17) is 0 Å². The van der Waals surface area contributed by atoms with E-state index < -0.39 is 0 Å². The molecule has 6 heteroatoms. The predicted molar refractivity (Wildman–Crippen MR) is 96.4 cm³/mol. The summed E-state index contributed by atoms with van der Waals surface area (Å²) in [6.45, 7) is 5.82. The van der Waals surface area contributed by atoms with Crippen molar-refractivity contribution >= 4 is 17.7 Å². The molecule has 1 aliphatic heterocycles. The molecule has 6 nitrogen and oxygen atoms in total. The molecule has 1 atom stereocenters. The molecule has 1 heterocycles. The molecule has 0 bridgehead atoms. The third-order valence-electron chi connectivity index (χ3n) is 4.39. The molecule has 0 aliphatic carbocycles. The monoisotopic (exact) mass is 345 g/mol. The van der Waals surface area contributed by atoms with Gasteiger partial charge in [-0.3, -0.25) is 14.4 Å². The molecule has 2 rings (SSSR count). The second-order valence-corrected chi connectivity index (χ2v) is 6.33. The molecule has 1 aliphatic rings. The second kappa shape index (κ2) is 9.20. The van der Waals surface area contributed by atoms with Crippen molar-refractivity contribution in [3.05, 3.63) is 35.4 Å². The maximum Gasteiger partial charge on any atom is 0.253 e. The molecular formula is C19H27N3O3. The van der Waals surface area contributed by atoms with Gasteiger partial charge in [0.2, 0.25) is 5.91 Å². The second-order valence-electron chi connectivity index (χ2n) is 6.33. The minimum absolute atomic E-state index is 0.00166. The van der Waals surface area contributed by atoms with Crippen LogP contribution in [0, 0.1) is 0 Å². The summed E-state index contributed by atoms with van der Waals surface area (Å²) < 4.78 is 0. The lowest BCUT2D eigenvalue weighted by Crippen LogP contribution is -2.46. The number of hydrogen-bond acceptors (Lipinski definition) is 3. The van der Waals surface area contributed by atoms with Crippen molar-refractivity contribution < 1.29 is 14.4 Å².